The van der Waals surface area contributed by atoms with E-state index in [-0.39, 0.29) is 0 Å². The van der Waals surface area contributed by atoms with Crippen molar-refractivity contribution in [3.63, 3.8) is 0 Å². The van der Waals surface area contributed by atoms with Crippen LogP contribution < -0.4 is 5.32 Å². The molecule has 2 rings (SSSR count). The highest BCUT2D eigenvalue weighted by molar-refractivity contribution is 5.58. The maximum atomic E-state index is 5.18. The van der Waals surface area contributed by atoms with Crippen LogP contribution in [-0.2, 0) is 17.9 Å². The van der Waals surface area contributed by atoms with Gasteiger partial charge in [0.2, 0.25) is 5.95 Å². The second-order valence-electron chi connectivity index (χ2n) is 3.75. The third-order valence-corrected chi connectivity index (χ3v) is 2.62. The molecule has 0 aliphatic rings. The van der Waals surface area contributed by atoms with Gasteiger partial charge in [-0.2, -0.15) is 0 Å². The topological polar surface area (TPSA) is 39.1 Å². The van der Waals surface area contributed by atoms with Gasteiger partial charge in [-0.1, -0.05) is 18.2 Å². The lowest BCUT2D eigenvalue weighted by atomic mass is 10.2. The number of rotatable bonds is 5. The molecule has 1 aromatic carbocycles. The minimum Gasteiger partial charge on any atom is -0.380 e. The van der Waals surface area contributed by atoms with Crippen molar-refractivity contribution in [2.45, 2.75) is 20.1 Å². The number of ether oxygens (including phenoxy) is 1. The molecule has 1 N–H and O–H groups in total. The molecule has 4 nitrogen and oxygen atoms in total. The van der Waals surface area contributed by atoms with Crippen molar-refractivity contribution in [1.82, 2.24) is 9.55 Å². The first-order chi connectivity index (χ1) is 8.35. The second-order valence-corrected chi connectivity index (χ2v) is 3.75. The maximum Gasteiger partial charge on any atom is 0.207 e. The number of aromatic nitrogens is 2. The summed E-state index contributed by atoms with van der Waals surface area (Å²) in [6.07, 6.45) is 3.76. The molecule has 0 unspecified atom stereocenters. The molecule has 0 fully saturated rings. The van der Waals surface area contributed by atoms with E-state index in [4.69, 9.17) is 4.74 Å². The van der Waals surface area contributed by atoms with Crippen molar-refractivity contribution in [3.05, 3.63) is 42.2 Å². The molecule has 0 spiro atoms. The molecule has 0 aliphatic carbocycles. The van der Waals surface area contributed by atoms with E-state index < -0.39 is 0 Å². The molecule has 17 heavy (non-hydrogen) atoms. The third-order valence-electron chi connectivity index (χ3n) is 2.62. The zero-order chi connectivity index (χ0) is 12.1. The molecule has 0 atom stereocenters. The summed E-state index contributed by atoms with van der Waals surface area (Å²) in [5.41, 5.74) is 2.16. The van der Waals surface area contributed by atoms with Crippen molar-refractivity contribution in [2.24, 2.45) is 0 Å². The van der Waals surface area contributed by atoms with Crippen LogP contribution in [0, 0.1) is 0 Å². The lowest BCUT2D eigenvalue weighted by Gasteiger charge is -2.11. The lowest BCUT2D eigenvalue weighted by Crippen LogP contribution is -2.03. The quantitative estimate of drug-likeness (QED) is 0.860. The van der Waals surface area contributed by atoms with Crippen LogP contribution in [0.15, 0.2) is 36.7 Å². The van der Waals surface area contributed by atoms with E-state index in [1.807, 2.05) is 30.5 Å². The van der Waals surface area contributed by atoms with Crippen LogP contribution >= 0.6 is 0 Å². The fourth-order valence-electron chi connectivity index (χ4n) is 1.73. The second kappa shape index (κ2) is 5.50. The molecule has 90 valence electrons. The van der Waals surface area contributed by atoms with Gasteiger partial charge in [-0.15, -0.1) is 0 Å². The summed E-state index contributed by atoms with van der Waals surface area (Å²) in [6.45, 7) is 3.58. The van der Waals surface area contributed by atoms with Gasteiger partial charge in [0.25, 0.3) is 0 Å². The fraction of sp³-hybridized carbons (Fsp3) is 0.308. The highest BCUT2D eigenvalue weighted by atomic mass is 16.5. The Morgan fingerprint density at radius 2 is 2.18 bits per heavy atom. The van der Waals surface area contributed by atoms with Crippen LogP contribution in [0.2, 0.25) is 0 Å². The number of anilines is 2. The zero-order valence-corrected chi connectivity index (χ0v) is 10.2. The molecule has 2 aromatic rings. The summed E-state index contributed by atoms with van der Waals surface area (Å²) < 4.78 is 7.24. The minimum atomic E-state index is 0.593. The van der Waals surface area contributed by atoms with Crippen LogP contribution in [0.5, 0.6) is 0 Å². The van der Waals surface area contributed by atoms with E-state index in [0.29, 0.717) is 6.61 Å². The van der Waals surface area contributed by atoms with Crippen molar-refractivity contribution >= 4 is 11.6 Å². The van der Waals surface area contributed by atoms with Crippen LogP contribution in [0.3, 0.4) is 0 Å². The number of aryl methyl sites for hydroxylation is 1. The van der Waals surface area contributed by atoms with Gasteiger partial charge in [-0.25, -0.2) is 4.98 Å². The summed E-state index contributed by atoms with van der Waals surface area (Å²) in [4.78, 5) is 4.29. The number of nitrogens with one attached hydrogen (secondary N) is 1. The highest BCUT2D eigenvalue weighted by Crippen LogP contribution is 2.20. The van der Waals surface area contributed by atoms with E-state index in [2.05, 4.69) is 21.8 Å². The summed E-state index contributed by atoms with van der Waals surface area (Å²) >= 11 is 0. The Kier molecular flexibility index (Phi) is 3.77. The number of hydrogen-bond acceptors (Lipinski definition) is 3. The Morgan fingerprint density at radius 1 is 1.35 bits per heavy atom. The molecule has 0 amide bonds. The molecule has 1 aromatic heterocycles. The number of benzene rings is 1. The third kappa shape index (κ3) is 2.65. The molecule has 0 radical (unpaired) electrons. The highest BCUT2D eigenvalue weighted by Gasteiger charge is 2.05. The summed E-state index contributed by atoms with van der Waals surface area (Å²) in [7, 11) is 1.70. The fourth-order valence-corrected chi connectivity index (χ4v) is 1.73. The number of para-hydroxylation sites is 1. The number of imidazole rings is 1. The Hall–Kier alpha value is -1.81. The van der Waals surface area contributed by atoms with E-state index >= 15 is 0 Å². The minimum absolute atomic E-state index is 0.593. The summed E-state index contributed by atoms with van der Waals surface area (Å²) in [6, 6.07) is 8.08. The largest absolute Gasteiger partial charge is 0.380 e. The van der Waals surface area contributed by atoms with Gasteiger partial charge in [0.15, 0.2) is 0 Å². The average Bonchev–Trinajstić information content (AvgIpc) is 2.79. The summed E-state index contributed by atoms with van der Waals surface area (Å²) in [5.74, 6) is 0.857. The predicted octanol–water partition coefficient (Wildman–Crippen LogP) is 2.79. The van der Waals surface area contributed by atoms with Crippen LogP contribution in [0.4, 0.5) is 11.6 Å². The smallest absolute Gasteiger partial charge is 0.207 e. The van der Waals surface area contributed by atoms with Gasteiger partial charge in [0, 0.05) is 37.3 Å². The zero-order valence-electron chi connectivity index (χ0n) is 10.2. The van der Waals surface area contributed by atoms with Crippen molar-refractivity contribution in [3.8, 4) is 0 Å². The van der Waals surface area contributed by atoms with Gasteiger partial charge in [-0.3, -0.25) is 0 Å². The van der Waals surface area contributed by atoms with Crippen molar-refractivity contribution in [1.29, 1.82) is 0 Å². The van der Waals surface area contributed by atoms with Gasteiger partial charge in [-0.05, 0) is 13.0 Å². The molecule has 0 aliphatic heterocycles. The van der Waals surface area contributed by atoms with Crippen molar-refractivity contribution in [2.75, 3.05) is 12.4 Å². The standard InChI is InChI=1S/C13H17N3O/c1-3-16-9-8-14-13(16)15-12-7-5-4-6-11(12)10-17-2/h4-9H,3,10H2,1-2H3,(H,14,15). The average molecular weight is 231 g/mol. The van der Waals surface area contributed by atoms with Crippen LogP contribution in [0.1, 0.15) is 12.5 Å². The number of nitrogens with zero attached hydrogens (tertiary/aromatic N) is 2. The van der Waals surface area contributed by atoms with Gasteiger partial charge < -0.3 is 14.6 Å². The van der Waals surface area contributed by atoms with Gasteiger partial charge in [0.1, 0.15) is 0 Å². The maximum absolute atomic E-state index is 5.18. The first-order valence-corrected chi connectivity index (χ1v) is 5.70. The monoisotopic (exact) mass is 231 g/mol. The van der Waals surface area contributed by atoms with E-state index in [1.165, 1.54) is 0 Å². The Balaban J connectivity index is 2.23. The van der Waals surface area contributed by atoms with Gasteiger partial charge in [0.05, 0.1) is 6.61 Å². The van der Waals surface area contributed by atoms with Crippen molar-refractivity contribution < 1.29 is 4.74 Å². The van der Waals surface area contributed by atoms with Crippen LogP contribution in [0.25, 0.3) is 0 Å². The van der Waals surface area contributed by atoms with E-state index in [9.17, 15) is 0 Å². The first kappa shape index (κ1) is 11.7. The number of methoxy groups -OCH3 is 1. The Morgan fingerprint density at radius 3 is 2.94 bits per heavy atom. The predicted molar refractivity (Wildman–Crippen MR) is 68.3 cm³/mol. The van der Waals surface area contributed by atoms with Gasteiger partial charge >= 0.3 is 0 Å². The van der Waals surface area contributed by atoms with E-state index in [0.717, 1.165) is 23.7 Å². The summed E-state index contributed by atoms with van der Waals surface area (Å²) in [5, 5.41) is 3.33. The first-order valence-electron chi connectivity index (χ1n) is 5.70. The van der Waals surface area contributed by atoms with Crippen LogP contribution in [-0.4, -0.2) is 16.7 Å². The number of hydrogen-bond donors (Lipinski definition) is 1. The lowest BCUT2D eigenvalue weighted by molar-refractivity contribution is 0.185. The molecular weight excluding hydrogens is 214 g/mol. The SMILES string of the molecule is CCn1ccnc1Nc1ccccc1COC. The molecule has 1 heterocycles. The molecule has 0 saturated heterocycles. The molecule has 0 bridgehead atoms. The van der Waals surface area contributed by atoms with E-state index in [1.54, 1.807) is 13.3 Å². The molecular formula is C13H17N3O. The molecule has 4 heteroatoms. The Bertz CT molecular complexity index is 479. The molecule has 0 saturated carbocycles. The normalized spacial score (nSPS) is 10.5. The Labute approximate surface area is 101 Å².